The van der Waals surface area contributed by atoms with Crippen LogP contribution in [-0.4, -0.2) is 29.0 Å². The molecule has 1 amide bonds. The number of thioether (sulfide) groups is 1. The van der Waals surface area contributed by atoms with Crippen LogP contribution in [0.15, 0.2) is 41.6 Å². The van der Waals surface area contributed by atoms with Crippen LogP contribution in [0.25, 0.3) is 11.3 Å². The summed E-state index contributed by atoms with van der Waals surface area (Å²) in [5.74, 6) is 0.544. The maximum Gasteiger partial charge on any atom is 0.293 e. The van der Waals surface area contributed by atoms with Gasteiger partial charge in [0.1, 0.15) is 0 Å². The van der Waals surface area contributed by atoms with Crippen molar-refractivity contribution in [3.8, 4) is 28.6 Å². The van der Waals surface area contributed by atoms with Crippen LogP contribution in [0.3, 0.4) is 0 Å². The highest BCUT2D eigenvalue weighted by Gasteiger charge is 2.44. The molecular weight excluding hydrogens is 428 g/mol. The molecule has 2 aliphatic rings. The minimum absolute atomic E-state index is 0.133. The second kappa shape index (κ2) is 7.03. The quantitative estimate of drug-likeness (QED) is 0.444. The molecule has 3 heterocycles. The van der Waals surface area contributed by atoms with E-state index in [4.69, 9.17) is 21.1 Å². The Balaban J connectivity index is 1.82. The number of hydrogen-bond donors (Lipinski definition) is 0. The van der Waals surface area contributed by atoms with Crippen molar-refractivity contribution in [3.05, 3.63) is 47.0 Å². The molecule has 1 unspecified atom stereocenters. The average Bonchev–Trinajstić information content (AvgIpc) is 3.19. The van der Waals surface area contributed by atoms with Gasteiger partial charge in [-0.05, 0) is 42.7 Å². The third-order valence-electron chi connectivity index (χ3n) is 4.99. The summed E-state index contributed by atoms with van der Waals surface area (Å²) in [6, 6.07) is 10.5. The van der Waals surface area contributed by atoms with E-state index in [2.05, 4.69) is 10.1 Å². The zero-order valence-electron chi connectivity index (χ0n) is 16.0. The zero-order valence-corrected chi connectivity index (χ0v) is 17.5. The van der Waals surface area contributed by atoms with Crippen molar-refractivity contribution < 1.29 is 24.1 Å². The lowest BCUT2D eigenvalue weighted by atomic mass is 10.0. The maximum absolute atomic E-state index is 13.0. The second-order valence-electron chi connectivity index (χ2n) is 6.73. The highest BCUT2D eigenvalue weighted by molar-refractivity contribution is 7.98. The van der Waals surface area contributed by atoms with Gasteiger partial charge in [-0.15, -0.1) is 0 Å². The van der Waals surface area contributed by atoms with Crippen molar-refractivity contribution in [1.29, 1.82) is 0 Å². The number of rotatable bonds is 2. The number of anilines is 1. The largest absolute Gasteiger partial charge is 0.854 e. The molecule has 152 valence electrons. The normalized spacial score (nSPS) is 16.2. The van der Waals surface area contributed by atoms with Gasteiger partial charge in [-0.1, -0.05) is 28.0 Å². The number of fused-ring (bicyclic) bond motifs is 4. The van der Waals surface area contributed by atoms with Gasteiger partial charge in [-0.3, -0.25) is 4.79 Å². The Bertz CT molecular complexity index is 1210. The first-order valence-corrected chi connectivity index (χ1v) is 10.6. The van der Waals surface area contributed by atoms with E-state index in [1.165, 1.54) is 18.7 Å². The third kappa shape index (κ3) is 2.85. The van der Waals surface area contributed by atoms with Gasteiger partial charge < -0.3 is 14.6 Å². The molecule has 0 saturated carbocycles. The fourth-order valence-corrected chi connectivity index (χ4v) is 4.28. The number of benzene rings is 2. The van der Waals surface area contributed by atoms with Gasteiger partial charge in [-0.25, -0.2) is 9.88 Å². The van der Waals surface area contributed by atoms with Crippen molar-refractivity contribution in [2.75, 3.05) is 17.9 Å². The molecule has 0 bridgehead atoms. The standard InChI is InChI=1S/C20H15ClN4O4S/c1-10(26)24-14-5-4-12(21)8-13(14)17-18(27)22-20(30-2)23-25(17)19(24)11-3-6-15-16(7-11)29-9-28-15/h3-8,19H,9H2,1-2H3. The summed E-state index contributed by atoms with van der Waals surface area (Å²) in [6.07, 6.45) is 1.08. The molecule has 1 atom stereocenters. The molecule has 0 spiro atoms. The van der Waals surface area contributed by atoms with Crippen molar-refractivity contribution in [3.63, 3.8) is 0 Å². The van der Waals surface area contributed by atoms with Crippen molar-refractivity contribution >= 4 is 35.0 Å². The minimum atomic E-state index is -0.706. The summed E-state index contributed by atoms with van der Waals surface area (Å²) in [5.41, 5.74) is 2.05. The number of halogens is 1. The monoisotopic (exact) mass is 442 g/mol. The maximum atomic E-state index is 13.0. The molecule has 10 heteroatoms. The first kappa shape index (κ1) is 19.0. The molecule has 0 N–H and O–H groups in total. The van der Waals surface area contributed by atoms with Gasteiger partial charge in [0.05, 0.1) is 17.1 Å². The Hall–Kier alpha value is -3.04. The number of carbonyl (C=O) groups excluding carboxylic acids is 1. The Morgan fingerprint density at radius 3 is 2.83 bits per heavy atom. The molecule has 30 heavy (non-hydrogen) atoms. The number of hydrogen-bond acceptors (Lipinski definition) is 7. The summed E-state index contributed by atoms with van der Waals surface area (Å²) in [7, 11) is 0. The van der Waals surface area contributed by atoms with E-state index >= 15 is 0 Å². The summed E-state index contributed by atoms with van der Waals surface area (Å²) in [4.78, 5) is 18.5. The molecule has 5 rings (SSSR count). The molecular formula is C20H15ClN4O4S. The molecule has 3 aromatic rings. The lowest BCUT2D eigenvalue weighted by molar-refractivity contribution is -0.764. The van der Waals surface area contributed by atoms with Crippen LogP contribution >= 0.6 is 23.4 Å². The summed E-state index contributed by atoms with van der Waals surface area (Å²) in [5, 5.41) is 18.3. The van der Waals surface area contributed by atoms with Crippen LogP contribution in [0.4, 0.5) is 5.69 Å². The van der Waals surface area contributed by atoms with Gasteiger partial charge >= 0.3 is 0 Å². The molecule has 1 aromatic heterocycles. The SMILES string of the molecule is CSc1nc([O-])c2[n+](n1)C(c1ccc3c(c1)OCO3)N(C(C)=O)c1ccc(Cl)cc1-2. The van der Waals surface area contributed by atoms with Crippen molar-refractivity contribution in [1.82, 2.24) is 10.1 Å². The van der Waals surface area contributed by atoms with Crippen LogP contribution in [0.5, 0.6) is 17.4 Å². The van der Waals surface area contributed by atoms with E-state index in [-0.39, 0.29) is 18.4 Å². The number of aromatic nitrogens is 3. The second-order valence-corrected chi connectivity index (χ2v) is 7.94. The number of ether oxygens (including phenoxy) is 2. The first-order valence-electron chi connectivity index (χ1n) is 9.02. The summed E-state index contributed by atoms with van der Waals surface area (Å²) >= 11 is 7.46. The van der Waals surface area contributed by atoms with Crippen LogP contribution in [0.1, 0.15) is 18.7 Å². The van der Waals surface area contributed by atoms with E-state index in [0.29, 0.717) is 38.5 Å². The van der Waals surface area contributed by atoms with Crippen LogP contribution in [0, 0.1) is 0 Å². The van der Waals surface area contributed by atoms with Crippen LogP contribution < -0.4 is 24.2 Å². The van der Waals surface area contributed by atoms with Gasteiger partial charge in [0.2, 0.25) is 12.7 Å². The van der Waals surface area contributed by atoms with E-state index in [1.807, 2.05) is 6.07 Å². The van der Waals surface area contributed by atoms with E-state index in [0.717, 1.165) is 0 Å². The topological polar surface area (TPSA) is 91.5 Å². The van der Waals surface area contributed by atoms with Gasteiger partial charge in [0.25, 0.3) is 17.0 Å². The lowest BCUT2D eigenvalue weighted by Crippen LogP contribution is -2.58. The Morgan fingerprint density at radius 2 is 2.07 bits per heavy atom. The van der Waals surface area contributed by atoms with Crippen molar-refractivity contribution in [2.45, 2.75) is 18.2 Å². The molecule has 8 nitrogen and oxygen atoms in total. The third-order valence-corrected chi connectivity index (χ3v) is 5.76. The molecule has 0 saturated heterocycles. The van der Waals surface area contributed by atoms with E-state index < -0.39 is 12.0 Å². The Kier molecular flexibility index (Phi) is 4.44. The highest BCUT2D eigenvalue weighted by atomic mass is 35.5. The van der Waals surface area contributed by atoms with Gasteiger partial charge in [0.15, 0.2) is 11.5 Å². The Labute approximate surface area is 181 Å². The van der Waals surface area contributed by atoms with Gasteiger partial charge in [0, 0.05) is 22.6 Å². The predicted octanol–water partition coefficient (Wildman–Crippen LogP) is 2.52. The fraction of sp³-hybridized carbons (Fsp3) is 0.200. The summed E-state index contributed by atoms with van der Waals surface area (Å²) < 4.78 is 12.5. The van der Waals surface area contributed by atoms with E-state index in [1.54, 1.807) is 46.2 Å². The first-order chi connectivity index (χ1) is 14.5. The summed E-state index contributed by atoms with van der Waals surface area (Å²) in [6.45, 7) is 1.60. The number of carbonyl (C=O) groups is 1. The predicted molar refractivity (Wildman–Crippen MR) is 108 cm³/mol. The zero-order chi connectivity index (χ0) is 21.0. The minimum Gasteiger partial charge on any atom is -0.854 e. The molecule has 2 aliphatic heterocycles. The highest BCUT2D eigenvalue weighted by Crippen LogP contribution is 2.43. The molecule has 0 radical (unpaired) electrons. The molecule has 0 aliphatic carbocycles. The molecule has 0 fully saturated rings. The lowest BCUT2D eigenvalue weighted by Gasteiger charge is -2.33. The number of amides is 1. The Morgan fingerprint density at radius 1 is 1.27 bits per heavy atom. The number of nitrogens with zero attached hydrogens (tertiary/aromatic N) is 4. The smallest absolute Gasteiger partial charge is 0.293 e. The average molecular weight is 443 g/mol. The van der Waals surface area contributed by atoms with Crippen LogP contribution in [-0.2, 0) is 4.79 Å². The fourth-order valence-electron chi connectivity index (χ4n) is 3.76. The van der Waals surface area contributed by atoms with E-state index in [9.17, 15) is 9.90 Å². The molecule has 2 aromatic carbocycles. The van der Waals surface area contributed by atoms with Gasteiger partial charge in [-0.2, -0.15) is 0 Å². The van der Waals surface area contributed by atoms with Crippen LogP contribution in [0.2, 0.25) is 5.02 Å². The van der Waals surface area contributed by atoms with Crippen molar-refractivity contribution in [2.24, 2.45) is 0 Å².